The second-order valence-electron chi connectivity index (χ2n) is 6.03. The SMILES string of the molecule is Cc1csc(C2CCCN(C(=O)CCc3cnn(C)c3)C2)n1. The van der Waals surface area contributed by atoms with E-state index in [9.17, 15) is 4.79 Å². The molecule has 118 valence electrons. The number of amides is 1. The molecule has 0 bridgehead atoms. The molecular formula is C16H22N4OS. The van der Waals surface area contributed by atoms with Crippen molar-refractivity contribution >= 4 is 17.2 Å². The number of likely N-dealkylation sites (tertiary alicyclic amines) is 1. The van der Waals surface area contributed by atoms with E-state index in [1.54, 1.807) is 16.0 Å². The van der Waals surface area contributed by atoms with Gasteiger partial charge in [0.25, 0.3) is 0 Å². The minimum absolute atomic E-state index is 0.252. The molecule has 2 aromatic rings. The van der Waals surface area contributed by atoms with Crippen LogP contribution in [0.1, 0.15) is 41.4 Å². The van der Waals surface area contributed by atoms with Gasteiger partial charge in [0, 0.05) is 49.7 Å². The van der Waals surface area contributed by atoms with Gasteiger partial charge in [0.15, 0.2) is 0 Å². The molecular weight excluding hydrogens is 296 g/mol. The van der Waals surface area contributed by atoms with Crippen molar-refractivity contribution in [1.82, 2.24) is 19.7 Å². The minimum atomic E-state index is 0.252. The summed E-state index contributed by atoms with van der Waals surface area (Å²) >= 11 is 1.72. The van der Waals surface area contributed by atoms with Gasteiger partial charge < -0.3 is 4.90 Å². The van der Waals surface area contributed by atoms with E-state index in [1.165, 1.54) is 5.01 Å². The highest BCUT2D eigenvalue weighted by Crippen LogP contribution is 2.29. The zero-order chi connectivity index (χ0) is 15.5. The van der Waals surface area contributed by atoms with Gasteiger partial charge >= 0.3 is 0 Å². The Morgan fingerprint density at radius 1 is 1.50 bits per heavy atom. The largest absolute Gasteiger partial charge is 0.342 e. The summed E-state index contributed by atoms with van der Waals surface area (Å²) in [6, 6.07) is 0. The Bertz CT molecular complexity index is 648. The minimum Gasteiger partial charge on any atom is -0.342 e. The number of aromatic nitrogens is 3. The molecule has 5 nitrogen and oxygen atoms in total. The molecule has 0 aromatic carbocycles. The van der Waals surface area contributed by atoms with Gasteiger partial charge in [0.1, 0.15) is 0 Å². The summed E-state index contributed by atoms with van der Waals surface area (Å²) in [5, 5.41) is 7.42. The van der Waals surface area contributed by atoms with Crippen LogP contribution in [-0.2, 0) is 18.3 Å². The second kappa shape index (κ2) is 6.60. The summed E-state index contributed by atoms with van der Waals surface area (Å²) in [6.45, 7) is 3.73. The predicted molar refractivity (Wildman–Crippen MR) is 86.9 cm³/mol. The molecule has 1 amide bonds. The highest BCUT2D eigenvalue weighted by Gasteiger charge is 2.26. The van der Waals surface area contributed by atoms with E-state index in [1.807, 2.05) is 31.3 Å². The van der Waals surface area contributed by atoms with Gasteiger partial charge in [-0.15, -0.1) is 11.3 Å². The lowest BCUT2D eigenvalue weighted by atomic mass is 9.98. The lowest BCUT2D eigenvalue weighted by Gasteiger charge is -2.32. The first-order valence-corrected chi connectivity index (χ1v) is 8.67. The van der Waals surface area contributed by atoms with Gasteiger partial charge in [0.2, 0.25) is 5.91 Å². The fraction of sp³-hybridized carbons (Fsp3) is 0.562. The Morgan fingerprint density at radius 2 is 2.36 bits per heavy atom. The van der Waals surface area contributed by atoms with Gasteiger partial charge in [-0.1, -0.05) is 0 Å². The summed E-state index contributed by atoms with van der Waals surface area (Å²) in [7, 11) is 1.90. The zero-order valence-electron chi connectivity index (χ0n) is 13.2. The number of hydrogen-bond donors (Lipinski definition) is 0. The maximum Gasteiger partial charge on any atom is 0.222 e. The van der Waals surface area contributed by atoms with Crippen molar-refractivity contribution in [3.05, 3.63) is 34.0 Å². The van der Waals surface area contributed by atoms with Crippen molar-refractivity contribution in [3.8, 4) is 0 Å². The fourth-order valence-corrected chi connectivity index (χ4v) is 3.90. The van der Waals surface area contributed by atoms with Crippen molar-refractivity contribution < 1.29 is 4.79 Å². The highest BCUT2D eigenvalue weighted by molar-refractivity contribution is 7.09. The zero-order valence-corrected chi connectivity index (χ0v) is 14.0. The van der Waals surface area contributed by atoms with Crippen molar-refractivity contribution in [2.24, 2.45) is 7.05 Å². The average molecular weight is 318 g/mol. The Hall–Kier alpha value is -1.69. The van der Waals surface area contributed by atoms with E-state index in [0.29, 0.717) is 12.3 Å². The molecule has 1 saturated heterocycles. The quantitative estimate of drug-likeness (QED) is 0.870. The van der Waals surface area contributed by atoms with Gasteiger partial charge in [0.05, 0.1) is 11.2 Å². The molecule has 3 rings (SSSR count). The molecule has 6 heteroatoms. The van der Waals surface area contributed by atoms with E-state index < -0.39 is 0 Å². The standard InChI is InChI=1S/C16H22N4OS/c1-12-11-22-16(18-12)14-4-3-7-20(10-14)15(21)6-5-13-8-17-19(2)9-13/h8-9,11,14H,3-7,10H2,1-2H3. The van der Waals surface area contributed by atoms with E-state index in [2.05, 4.69) is 15.5 Å². The van der Waals surface area contributed by atoms with Crippen LogP contribution in [0.15, 0.2) is 17.8 Å². The predicted octanol–water partition coefficient (Wildman–Crippen LogP) is 2.52. The summed E-state index contributed by atoms with van der Waals surface area (Å²) in [5.41, 5.74) is 2.21. The van der Waals surface area contributed by atoms with Crippen LogP contribution in [0.4, 0.5) is 0 Å². The summed E-state index contributed by atoms with van der Waals surface area (Å²) in [5.74, 6) is 0.664. The molecule has 1 aliphatic rings. The van der Waals surface area contributed by atoms with Crippen LogP contribution in [0, 0.1) is 6.92 Å². The highest BCUT2D eigenvalue weighted by atomic mass is 32.1. The molecule has 1 fully saturated rings. The lowest BCUT2D eigenvalue weighted by Crippen LogP contribution is -2.39. The average Bonchev–Trinajstić information content (AvgIpc) is 3.13. The van der Waals surface area contributed by atoms with Gasteiger partial charge in [-0.3, -0.25) is 9.48 Å². The van der Waals surface area contributed by atoms with Gasteiger partial charge in [-0.05, 0) is 31.7 Å². The third kappa shape index (κ3) is 3.55. The van der Waals surface area contributed by atoms with E-state index in [-0.39, 0.29) is 5.91 Å². The number of piperidine rings is 1. The molecule has 0 saturated carbocycles. The topological polar surface area (TPSA) is 51.0 Å². The first-order chi connectivity index (χ1) is 10.6. The smallest absolute Gasteiger partial charge is 0.222 e. The van der Waals surface area contributed by atoms with Crippen LogP contribution in [0.25, 0.3) is 0 Å². The first-order valence-electron chi connectivity index (χ1n) is 7.79. The molecule has 1 aliphatic heterocycles. The molecule has 0 aliphatic carbocycles. The summed E-state index contributed by atoms with van der Waals surface area (Å²) < 4.78 is 1.78. The van der Waals surface area contributed by atoms with E-state index >= 15 is 0 Å². The first kappa shape index (κ1) is 15.2. The van der Waals surface area contributed by atoms with Crippen LogP contribution < -0.4 is 0 Å². The number of carbonyl (C=O) groups excluding carboxylic acids is 1. The summed E-state index contributed by atoms with van der Waals surface area (Å²) in [6.07, 6.45) is 7.36. The van der Waals surface area contributed by atoms with E-state index in [0.717, 1.165) is 43.6 Å². The number of thiazole rings is 1. The Morgan fingerprint density at radius 3 is 3.05 bits per heavy atom. The van der Waals surface area contributed by atoms with Gasteiger partial charge in [-0.25, -0.2) is 4.98 Å². The van der Waals surface area contributed by atoms with Crippen LogP contribution in [0.5, 0.6) is 0 Å². The van der Waals surface area contributed by atoms with Crippen molar-refractivity contribution in [1.29, 1.82) is 0 Å². The molecule has 3 heterocycles. The molecule has 0 spiro atoms. The molecule has 0 N–H and O–H groups in total. The van der Waals surface area contributed by atoms with Crippen LogP contribution in [0.3, 0.4) is 0 Å². The molecule has 0 radical (unpaired) electrons. The van der Waals surface area contributed by atoms with Crippen molar-refractivity contribution in [3.63, 3.8) is 0 Å². The van der Waals surface area contributed by atoms with E-state index in [4.69, 9.17) is 0 Å². The van der Waals surface area contributed by atoms with Crippen LogP contribution in [0.2, 0.25) is 0 Å². The second-order valence-corrected chi connectivity index (χ2v) is 6.92. The number of carbonyl (C=O) groups is 1. The maximum absolute atomic E-state index is 12.4. The summed E-state index contributed by atoms with van der Waals surface area (Å²) in [4.78, 5) is 19.1. The Balaban J connectivity index is 1.55. The monoisotopic (exact) mass is 318 g/mol. The number of aryl methyl sites for hydroxylation is 3. The normalized spacial score (nSPS) is 18.6. The molecule has 22 heavy (non-hydrogen) atoms. The third-order valence-electron chi connectivity index (χ3n) is 4.15. The Kier molecular flexibility index (Phi) is 4.57. The van der Waals surface area contributed by atoms with Crippen molar-refractivity contribution in [2.45, 2.75) is 38.5 Å². The van der Waals surface area contributed by atoms with Crippen LogP contribution in [-0.4, -0.2) is 38.7 Å². The number of hydrogen-bond acceptors (Lipinski definition) is 4. The van der Waals surface area contributed by atoms with Crippen molar-refractivity contribution in [2.75, 3.05) is 13.1 Å². The van der Waals surface area contributed by atoms with Gasteiger partial charge in [-0.2, -0.15) is 5.10 Å². The van der Waals surface area contributed by atoms with Crippen LogP contribution >= 0.6 is 11.3 Å². The fourth-order valence-electron chi connectivity index (χ4n) is 2.98. The molecule has 2 aromatic heterocycles. The number of rotatable bonds is 4. The number of nitrogens with zero attached hydrogens (tertiary/aromatic N) is 4. The molecule has 1 atom stereocenters. The Labute approximate surface area is 135 Å². The molecule has 1 unspecified atom stereocenters. The maximum atomic E-state index is 12.4. The third-order valence-corrected chi connectivity index (χ3v) is 5.27. The lowest BCUT2D eigenvalue weighted by molar-refractivity contribution is -0.132.